The smallest absolute Gasteiger partial charge is 0.251 e. The predicted molar refractivity (Wildman–Crippen MR) is 146 cm³/mol. The molecule has 1 N–H and O–H groups in total. The van der Waals surface area contributed by atoms with E-state index in [1.807, 2.05) is 52.0 Å². The van der Waals surface area contributed by atoms with Crippen LogP contribution in [0, 0.1) is 5.41 Å². The fourth-order valence-electron chi connectivity index (χ4n) is 5.77. The van der Waals surface area contributed by atoms with Crippen molar-refractivity contribution in [2.45, 2.75) is 78.3 Å². The molecule has 3 saturated heterocycles. The minimum absolute atomic E-state index is 0.0160. The molecule has 0 unspecified atom stereocenters. The van der Waals surface area contributed by atoms with Crippen molar-refractivity contribution in [1.82, 2.24) is 15.1 Å². The molecule has 9 nitrogen and oxygen atoms in total. The summed E-state index contributed by atoms with van der Waals surface area (Å²) in [4.78, 5) is 46.1. The van der Waals surface area contributed by atoms with Crippen molar-refractivity contribution in [3.05, 3.63) is 29.8 Å². The largest absolute Gasteiger partial charge is 0.374 e. The molecule has 3 aliphatic rings. The zero-order chi connectivity index (χ0) is 27.6. The SMILES string of the molecule is CCO[C@H]1CN(C(=O)[C@H](CC(C)(C)C)NC(=O)c2ccc(N3CCN(C(C)C)CC3)cc2)[C@@H]2C(=O)CO[C@H]12. The lowest BCUT2D eigenvalue weighted by molar-refractivity contribution is -0.139. The number of ketones is 1. The van der Waals surface area contributed by atoms with Crippen molar-refractivity contribution in [1.29, 1.82) is 0 Å². The van der Waals surface area contributed by atoms with Crippen LogP contribution in [0.3, 0.4) is 0 Å². The lowest BCUT2D eigenvalue weighted by Crippen LogP contribution is -2.53. The van der Waals surface area contributed by atoms with Crippen molar-refractivity contribution in [3.63, 3.8) is 0 Å². The van der Waals surface area contributed by atoms with Gasteiger partial charge in [0.1, 0.15) is 30.9 Å². The van der Waals surface area contributed by atoms with Gasteiger partial charge in [0.25, 0.3) is 5.91 Å². The molecule has 0 bridgehead atoms. The second-order valence-electron chi connectivity index (χ2n) is 12.1. The van der Waals surface area contributed by atoms with Crippen molar-refractivity contribution < 1.29 is 23.9 Å². The number of carbonyl (C=O) groups excluding carboxylic acids is 3. The van der Waals surface area contributed by atoms with Crippen LogP contribution in [0.15, 0.2) is 24.3 Å². The van der Waals surface area contributed by atoms with Crippen LogP contribution in [0.2, 0.25) is 0 Å². The first kappa shape index (κ1) is 28.5. The van der Waals surface area contributed by atoms with E-state index in [0.29, 0.717) is 24.6 Å². The van der Waals surface area contributed by atoms with Gasteiger partial charge in [0.2, 0.25) is 5.91 Å². The summed E-state index contributed by atoms with van der Waals surface area (Å²) in [5.41, 5.74) is 1.38. The summed E-state index contributed by atoms with van der Waals surface area (Å²) in [5, 5.41) is 2.98. The van der Waals surface area contributed by atoms with Gasteiger partial charge in [-0.2, -0.15) is 0 Å². The van der Waals surface area contributed by atoms with Gasteiger partial charge in [-0.3, -0.25) is 19.3 Å². The predicted octanol–water partition coefficient (Wildman–Crippen LogP) is 2.34. The van der Waals surface area contributed by atoms with Gasteiger partial charge in [0.05, 0.1) is 6.54 Å². The van der Waals surface area contributed by atoms with Crippen LogP contribution in [0.5, 0.6) is 0 Å². The molecule has 3 heterocycles. The van der Waals surface area contributed by atoms with Crippen LogP contribution in [0.1, 0.15) is 58.3 Å². The first-order valence-corrected chi connectivity index (χ1v) is 13.9. The third-order valence-electron chi connectivity index (χ3n) is 7.76. The number of hydrogen-bond donors (Lipinski definition) is 1. The molecule has 0 radical (unpaired) electrons. The zero-order valence-corrected chi connectivity index (χ0v) is 23.7. The van der Waals surface area contributed by atoms with Gasteiger partial charge in [-0.15, -0.1) is 0 Å². The van der Waals surface area contributed by atoms with E-state index >= 15 is 0 Å². The maximum Gasteiger partial charge on any atom is 0.251 e. The number of piperazine rings is 1. The standard InChI is InChI=1S/C29H44N4O5/c1-7-37-24-17-33(25-23(34)18-38-26(24)25)28(36)22(16-29(4,5)6)30-27(35)20-8-10-21(11-9-20)32-14-12-31(13-15-32)19(2)3/h8-11,19,22,24-26H,7,12-18H2,1-6H3,(H,30,35)/t22-,24-,25+,26+/m0/s1. The molecule has 0 aliphatic carbocycles. The maximum atomic E-state index is 13.8. The lowest BCUT2D eigenvalue weighted by Gasteiger charge is -2.38. The molecule has 2 amide bonds. The average Bonchev–Trinajstić information content (AvgIpc) is 3.43. The van der Waals surface area contributed by atoms with E-state index in [1.54, 1.807) is 4.90 Å². The van der Waals surface area contributed by atoms with Crippen LogP contribution < -0.4 is 10.2 Å². The van der Waals surface area contributed by atoms with E-state index in [1.165, 1.54) is 0 Å². The normalized spacial score (nSPS) is 25.1. The third-order valence-corrected chi connectivity index (χ3v) is 7.76. The number of hydrogen-bond acceptors (Lipinski definition) is 7. The molecular weight excluding hydrogens is 484 g/mol. The summed E-state index contributed by atoms with van der Waals surface area (Å²) in [6.45, 7) is 17.1. The van der Waals surface area contributed by atoms with Crippen molar-refractivity contribution in [2.75, 3.05) is 50.8 Å². The zero-order valence-electron chi connectivity index (χ0n) is 23.7. The van der Waals surface area contributed by atoms with Gasteiger partial charge in [-0.05, 0) is 56.9 Å². The van der Waals surface area contributed by atoms with Gasteiger partial charge in [-0.1, -0.05) is 20.8 Å². The molecule has 0 saturated carbocycles. The summed E-state index contributed by atoms with van der Waals surface area (Å²) in [6.07, 6.45) is -0.355. The number of anilines is 1. The second-order valence-corrected chi connectivity index (χ2v) is 12.1. The molecule has 3 fully saturated rings. The number of likely N-dealkylation sites (tertiary alicyclic amines) is 1. The molecule has 38 heavy (non-hydrogen) atoms. The Morgan fingerprint density at radius 1 is 1.11 bits per heavy atom. The first-order chi connectivity index (χ1) is 18.0. The highest BCUT2D eigenvalue weighted by Crippen LogP contribution is 2.31. The number of ether oxygens (including phenoxy) is 2. The van der Waals surface area contributed by atoms with Gasteiger partial charge in [0.15, 0.2) is 5.78 Å². The highest BCUT2D eigenvalue weighted by Gasteiger charge is 2.53. The number of Topliss-reactive ketones (excluding diaryl/α,β-unsaturated/α-hetero) is 1. The molecule has 0 aromatic heterocycles. The maximum absolute atomic E-state index is 13.8. The van der Waals surface area contributed by atoms with Gasteiger partial charge >= 0.3 is 0 Å². The summed E-state index contributed by atoms with van der Waals surface area (Å²) in [6, 6.07) is 6.73. The minimum Gasteiger partial charge on any atom is -0.374 e. The highest BCUT2D eigenvalue weighted by atomic mass is 16.6. The Bertz CT molecular complexity index is 997. The number of rotatable bonds is 8. The summed E-state index contributed by atoms with van der Waals surface area (Å²) in [7, 11) is 0. The molecule has 4 atom stereocenters. The summed E-state index contributed by atoms with van der Waals surface area (Å²) < 4.78 is 11.5. The number of carbonyl (C=O) groups is 3. The van der Waals surface area contributed by atoms with E-state index < -0.39 is 18.2 Å². The molecule has 1 aromatic rings. The number of benzene rings is 1. The van der Waals surface area contributed by atoms with E-state index in [2.05, 4.69) is 29.0 Å². The van der Waals surface area contributed by atoms with Crippen LogP contribution >= 0.6 is 0 Å². The molecular formula is C29H44N4O5. The Labute approximate surface area is 226 Å². The van der Waals surface area contributed by atoms with Crippen LogP contribution in [0.25, 0.3) is 0 Å². The topological polar surface area (TPSA) is 91.4 Å². The first-order valence-electron chi connectivity index (χ1n) is 13.9. The van der Waals surface area contributed by atoms with E-state index in [4.69, 9.17) is 9.47 Å². The number of nitrogens with one attached hydrogen (secondary N) is 1. The Kier molecular flexibility index (Phi) is 8.79. The monoisotopic (exact) mass is 528 g/mol. The Morgan fingerprint density at radius 2 is 1.76 bits per heavy atom. The molecule has 3 aliphatic heterocycles. The van der Waals surface area contributed by atoms with Crippen LogP contribution in [-0.4, -0.2) is 104 Å². The number of fused-ring (bicyclic) bond motifs is 1. The van der Waals surface area contributed by atoms with Crippen molar-refractivity contribution in [3.8, 4) is 0 Å². The van der Waals surface area contributed by atoms with E-state index in [0.717, 1.165) is 31.9 Å². The van der Waals surface area contributed by atoms with Gasteiger partial charge in [-0.25, -0.2) is 0 Å². The minimum atomic E-state index is -0.763. The average molecular weight is 529 g/mol. The Balaban J connectivity index is 1.45. The van der Waals surface area contributed by atoms with Crippen LogP contribution in [-0.2, 0) is 19.1 Å². The Hall–Kier alpha value is -2.49. The van der Waals surface area contributed by atoms with E-state index in [-0.39, 0.29) is 42.3 Å². The number of amides is 2. The van der Waals surface area contributed by atoms with E-state index in [9.17, 15) is 14.4 Å². The molecule has 1 aromatic carbocycles. The number of nitrogens with zero attached hydrogens (tertiary/aromatic N) is 3. The fourth-order valence-corrected chi connectivity index (χ4v) is 5.77. The summed E-state index contributed by atoms with van der Waals surface area (Å²) in [5.74, 6) is -0.671. The van der Waals surface area contributed by atoms with Crippen molar-refractivity contribution in [2.24, 2.45) is 5.41 Å². The van der Waals surface area contributed by atoms with Crippen molar-refractivity contribution >= 4 is 23.3 Å². The second kappa shape index (κ2) is 11.7. The molecule has 210 valence electrons. The van der Waals surface area contributed by atoms with Gasteiger partial charge < -0.3 is 24.6 Å². The lowest BCUT2D eigenvalue weighted by atomic mass is 9.87. The highest BCUT2D eigenvalue weighted by molar-refractivity contribution is 5.99. The Morgan fingerprint density at radius 3 is 2.34 bits per heavy atom. The third kappa shape index (κ3) is 6.38. The fraction of sp³-hybridized carbons (Fsp3) is 0.690. The summed E-state index contributed by atoms with van der Waals surface area (Å²) >= 11 is 0. The molecule has 0 spiro atoms. The van der Waals surface area contributed by atoms with Gasteiger partial charge in [0, 0.05) is 50.1 Å². The molecule has 4 rings (SSSR count). The quantitative estimate of drug-likeness (QED) is 0.554. The van der Waals surface area contributed by atoms with Crippen LogP contribution in [0.4, 0.5) is 5.69 Å². The molecule has 9 heteroatoms.